The minimum Gasteiger partial charge on any atom is -0.263 e. The summed E-state index contributed by atoms with van der Waals surface area (Å²) in [5.74, 6) is -1.90. The second-order valence-corrected chi connectivity index (χ2v) is 5.64. The van der Waals surface area contributed by atoms with Crippen molar-refractivity contribution in [3.05, 3.63) is 63.8 Å². The topological polar surface area (TPSA) is 65.1 Å². The van der Waals surface area contributed by atoms with E-state index in [-0.39, 0.29) is 16.7 Å². The largest absolute Gasteiger partial charge is 0.316 e. The van der Waals surface area contributed by atoms with E-state index in [1.165, 1.54) is 23.1 Å². The molecule has 0 aliphatic heterocycles. The van der Waals surface area contributed by atoms with Crippen molar-refractivity contribution in [1.82, 2.24) is 19.4 Å². The van der Waals surface area contributed by atoms with Gasteiger partial charge in [0.15, 0.2) is 5.15 Å². The van der Waals surface area contributed by atoms with E-state index in [0.717, 1.165) is 16.8 Å². The van der Waals surface area contributed by atoms with Crippen LogP contribution >= 0.6 is 11.6 Å². The molecule has 3 rings (SSSR count). The Hall–Kier alpha value is -2.87. The van der Waals surface area contributed by atoms with Crippen molar-refractivity contribution < 1.29 is 8.78 Å². The Balaban J connectivity index is 2.43. The SMILES string of the molecule is CC(C)=Nn1c(-c2c(F)cccc2F)c(Cl)nc(-n2cccn2)c1=O. The summed E-state index contributed by atoms with van der Waals surface area (Å²) in [5.41, 5.74) is -0.978. The van der Waals surface area contributed by atoms with Crippen LogP contribution in [-0.2, 0) is 0 Å². The molecule has 0 aliphatic rings. The highest BCUT2D eigenvalue weighted by Gasteiger charge is 2.23. The van der Waals surface area contributed by atoms with Crippen LogP contribution < -0.4 is 5.56 Å². The fraction of sp³-hybridized carbons (Fsp3) is 0.125. The van der Waals surface area contributed by atoms with Gasteiger partial charge in [0, 0.05) is 18.1 Å². The molecule has 0 N–H and O–H groups in total. The standard InChI is InChI=1S/C16H12ClF2N5O/c1-9(2)22-24-13(12-10(18)5-3-6-11(12)19)14(17)21-15(16(24)25)23-8-4-7-20-23/h3-8H,1-2H3. The summed E-state index contributed by atoms with van der Waals surface area (Å²) >= 11 is 6.17. The monoisotopic (exact) mass is 363 g/mol. The van der Waals surface area contributed by atoms with Crippen LogP contribution in [0.25, 0.3) is 17.1 Å². The van der Waals surface area contributed by atoms with Crippen molar-refractivity contribution in [2.45, 2.75) is 13.8 Å². The number of rotatable bonds is 3. The molecular formula is C16H12ClF2N5O. The Kier molecular flexibility index (Phi) is 4.45. The highest BCUT2D eigenvalue weighted by Crippen LogP contribution is 2.30. The Morgan fingerprint density at radius 3 is 2.44 bits per heavy atom. The second-order valence-electron chi connectivity index (χ2n) is 5.29. The molecule has 128 valence electrons. The van der Waals surface area contributed by atoms with Crippen LogP contribution in [0.4, 0.5) is 8.78 Å². The molecule has 0 saturated heterocycles. The van der Waals surface area contributed by atoms with Crippen molar-refractivity contribution in [3.8, 4) is 17.1 Å². The summed E-state index contributed by atoms with van der Waals surface area (Å²) in [5, 5.41) is 7.72. The zero-order chi connectivity index (χ0) is 18.1. The summed E-state index contributed by atoms with van der Waals surface area (Å²) in [6, 6.07) is 4.93. The summed E-state index contributed by atoms with van der Waals surface area (Å²) in [7, 11) is 0. The first-order valence-corrected chi connectivity index (χ1v) is 7.57. The van der Waals surface area contributed by atoms with E-state index in [1.807, 2.05) is 0 Å². The van der Waals surface area contributed by atoms with E-state index in [4.69, 9.17) is 11.6 Å². The molecule has 25 heavy (non-hydrogen) atoms. The molecule has 0 aliphatic carbocycles. The van der Waals surface area contributed by atoms with Gasteiger partial charge >= 0.3 is 5.56 Å². The highest BCUT2D eigenvalue weighted by atomic mass is 35.5. The van der Waals surface area contributed by atoms with Gasteiger partial charge < -0.3 is 0 Å². The Labute approximate surface area is 146 Å². The number of hydrogen-bond donors (Lipinski definition) is 0. The van der Waals surface area contributed by atoms with Crippen molar-refractivity contribution in [2.24, 2.45) is 5.10 Å². The smallest absolute Gasteiger partial charge is 0.263 e. The molecule has 0 amide bonds. The third-order valence-electron chi connectivity index (χ3n) is 3.22. The average molecular weight is 364 g/mol. The van der Waals surface area contributed by atoms with E-state index in [2.05, 4.69) is 15.2 Å². The lowest BCUT2D eigenvalue weighted by atomic mass is 10.1. The van der Waals surface area contributed by atoms with Crippen molar-refractivity contribution >= 4 is 17.3 Å². The van der Waals surface area contributed by atoms with Crippen LogP contribution in [0.2, 0.25) is 5.15 Å². The summed E-state index contributed by atoms with van der Waals surface area (Å²) in [6.07, 6.45) is 2.95. The first-order valence-electron chi connectivity index (χ1n) is 7.19. The predicted octanol–water partition coefficient (Wildman–Crippen LogP) is 3.27. The Morgan fingerprint density at radius 2 is 1.88 bits per heavy atom. The van der Waals surface area contributed by atoms with Crippen LogP contribution in [0.3, 0.4) is 0 Å². The molecule has 2 aromatic heterocycles. The molecule has 0 saturated carbocycles. The van der Waals surface area contributed by atoms with Gasteiger partial charge in [-0.2, -0.15) is 14.9 Å². The molecule has 0 fully saturated rings. The molecule has 0 spiro atoms. The maximum absolute atomic E-state index is 14.2. The fourth-order valence-corrected chi connectivity index (χ4v) is 2.50. The third-order valence-corrected chi connectivity index (χ3v) is 3.48. The van der Waals surface area contributed by atoms with Crippen molar-refractivity contribution in [2.75, 3.05) is 0 Å². The first-order chi connectivity index (χ1) is 11.9. The molecule has 0 atom stereocenters. The summed E-state index contributed by atoms with van der Waals surface area (Å²) in [6.45, 7) is 3.27. The van der Waals surface area contributed by atoms with Gasteiger partial charge in [0.1, 0.15) is 17.3 Å². The Bertz CT molecular complexity index is 1000. The van der Waals surface area contributed by atoms with Crippen LogP contribution in [0.15, 0.2) is 46.6 Å². The molecule has 0 bridgehead atoms. The summed E-state index contributed by atoms with van der Waals surface area (Å²) in [4.78, 5) is 16.8. The second kappa shape index (κ2) is 6.56. The normalized spacial score (nSPS) is 10.8. The molecule has 6 nitrogen and oxygen atoms in total. The molecule has 9 heteroatoms. The third kappa shape index (κ3) is 3.08. The minimum absolute atomic E-state index is 0.138. The van der Waals surface area contributed by atoms with Gasteiger partial charge in [-0.25, -0.2) is 18.4 Å². The van der Waals surface area contributed by atoms with Crippen LogP contribution in [0.5, 0.6) is 0 Å². The Morgan fingerprint density at radius 1 is 1.20 bits per heavy atom. The van der Waals surface area contributed by atoms with Crippen LogP contribution in [0, 0.1) is 11.6 Å². The van der Waals surface area contributed by atoms with Gasteiger partial charge in [-0.3, -0.25) is 4.79 Å². The maximum atomic E-state index is 14.2. The minimum atomic E-state index is -0.882. The van der Waals surface area contributed by atoms with E-state index in [1.54, 1.807) is 19.9 Å². The summed E-state index contributed by atoms with van der Waals surface area (Å²) < 4.78 is 30.5. The molecule has 0 unspecified atom stereocenters. The van der Waals surface area contributed by atoms with Gasteiger partial charge in [-0.15, -0.1) is 0 Å². The predicted molar refractivity (Wildman–Crippen MR) is 90.2 cm³/mol. The lowest BCUT2D eigenvalue weighted by Gasteiger charge is -2.13. The van der Waals surface area contributed by atoms with E-state index in [9.17, 15) is 13.6 Å². The molecule has 1 aromatic carbocycles. The lowest BCUT2D eigenvalue weighted by molar-refractivity contribution is 0.585. The molecule has 0 radical (unpaired) electrons. The van der Waals surface area contributed by atoms with Gasteiger partial charge in [0.05, 0.1) is 5.56 Å². The van der Waals surface area contributed by atoms with Gasteiger partial charge in [0.25, 0.3) is 0 Å². The zero-order valence-corrected chi connectivity index (χ0v) is 14.0. The molecule has 3 aromatic rings. The van der Waals surface area contributed by atoms with Gasteiger partial charge in [-0.1, -0.05) is 17.7 Å². The molecular weight excluding hydrogens is 352 g/mol. The van der Waals surface area contributed by atoms with Crippen molar-refractivity contribution in [3.63, 3.8) is 0 Å². The molecule has 2 heterocycles. The lowest BCUT2D eigenvalue weighted by Crippen LogP contribution is -2.26. The van der Waals surface area contributed by atoms with Gasteiger partial charge in [-0.05, 0) is 32.0 Å². The average Bonchev–Trinajstić information content (AvgIpc) is 3.06. The number of halogens is 3. The van der Waals surface area contributed by atoms with E-state index < -0.39 is 22.8 Å². The zero-order valence-electron chi connectivity index (χ0n) is 13.2. The van der Waals surface area contributed by atoms with Crippen molar-refractivity contribution in [1.29, 1.82) is 0 Å². The quantitative estimate of drug-likeness (QED) is 0.671. The van der Waals surface area contributed by atoms with Crippen LogP contribution in [-0.4, -0.2) is 25.2 Å². The maximum Gasteiger partial charge on any atom is 0.316 e. The van der Waals surface area contributed by atoms with E-state index in [0.29, 0.717) is 5.71 Å². The van der Waals surface area contributed by atoms with Crippen LogP contribution in [0.1, 0.15) is 13.8 Å². The number of aromatic nitrogens is 4. The number of nitrogens with zero attached hydrogens (tertiary/aromatic N) is 5. The fourth-order valence-electron chi connectivity index (χ4n) is 2.25. The highest BCUT2D eigenvalue weighted by molar-refractivity contribution is 6.31. The first kappa shape index (κ1) is 17.0. The number of hydrogen-bond acceptors (Lipinski definition) is 4. The van der Waals surface area contributed by atoms with Gasteiger partial charge in [0.2, 0.25) is 5.82 Å². The number of benzene rings is 1. The van der Waals surface area contributed by atoms with E-state index >= 15 is 0 Å².